The Morgan fingerprint density at radius 1 is 1.04 bits per heavy atom. The first-order valence-electron chi connectivity index (χ1n) is 8.56. The maximum Gasteiger partial charge on any atom is 0.326 e. The molecule has 0 radical (unpaired) electrons. The summed E-state index contributed by atoms with van der Waals surface area (Å²) >= 11 is 0. The molecule has 7 heteroatoms. The van der Waals surface area contributed by atoms with Gasteiger partial charge in [-0.1, -0.05) is 30.3 Å². The van der Waals surface area contributed by atoms with E-state index in [1.807, 2.05) is 13.0 Å². The van der Waals surface area contributed by atoms with Crippen molar-refractivity contribution in [2.75, 3.05) is 13.2 Å². The second kappa shape index (κ2) is 9.96. The van der Waals surface area contributed by atoms with Crippen LogP contribution in [0.3, 0.4) is 0 Å². The van der Waals surface area contributed by atoms with Crippen LogP contribution in [0.25, 0.3) is 0 Å². The van der Waals surface area contributed by atoms with Crippen LogP contribution in [0.5, 0.6) is 5.75 Å². The van der Waals surface area contributed by atoms with Crippen LogP contribution in [0.15, 0.2) is 54.6 Å². The average molecular weight is 370 g/mol. The molecule has 3 N–H and O–H groups in total. The van der Waals surface area contributed by atoms with Gasteiger partial charge in [0, 0.05) is 12.0 Å². The van der Waals surface area contributed by atoms with E-state index in [9.17, 15) is 19.5 Å². The highest BCUT2D eigenvalue weighted by Crippen LogP contribution is 2.11. The Morgan fingerprint density at radius 2 is 1.70 bits per heavy atom. The van der Waals surface area contributed by atoms with Gasteiger partial charge >= 0.3 is 5.97 Å². The van der Waals surface area contributed by atoms with Crippen LogP contribution in [0.4, 0.5) is 0 Å². The van der Waals surface area contributed by atoms with Crippen LogP contribution in [0.1, 0.15) is 22.8 Å². The van der Waals surface area contributed by atoms with E-state index in [2.05, 4.69) is 10.6 Å². The highest BCUT2D eigenvalue weighted by Gasteiger charge is 2.20. The molecule has 0 unspecified atom stereocenters. The van der Waals surface area contributed by atoms with Crippen molar-refractivity contribution >= 4 is 17.8 Å². The summed E-state index contributed by atoms with van der Waals surface area (Å²) in [6.45, 7) is 2.07. The standard InChI is InChI=1S/C20H22N2O5/c1-2-27-16-10-8-15(9-11-16)19(24)21-13-18(23)22-17(20(25)26)12-14-6-4-3-5-7-14/h3-11,17H,2,12-13H2,1H3,(H,21,24)(H,22,23)(H,25,26)/t17-/m1/s1. The van der Waals surface area contributed by atoms with Gasteiger partial charge in [0.1, 0.15) is 11.8 Å². The minimum Gasteiger partial charge on any atom is -0.494 e. The molecule has 0 bridgehead atoms. The van der Waals surface area contributed by atoms with E-state index in [-0.39, 0.29) is 13.0 Å². The number of amides is 2. The molecule has 0 aliphatic heterocycles. The quantitative estimate of drug-likeness (QED) is 0.622. The molecule has 2 amide bonds. The lowest BCUT2D eigenvalue weighted by Crippen LogP contribution is -2.46. The van der Waals surface area contributed by atoms with Crippen molar-refractivity contribution in [1.82, 2.24) is 10.6 Å². The number of carboxylic acids is 1. The molecule has 0 aromatic heterocycles. The second-order valence-corrected chi connectivity index (χ2v) is 5.79. The first kappa shape index (κ1) is 20.0. The molecule has 0 saturated heterocycles. The zero-order chi connectivity index (χ0) is 19.6. The molecule has 142 valence electrons. The highest BCUT2D eigenvalue weighted by molar-refractivity contribution is 5.97. The predicted molar refractivity (Wildman–Crippen MR) is 99.7 cm³/mol. The summed E-state index contributed by atoms with van der Waals surface area (Å²) in [6, 6.07) is 14.4. The fraction of sp³-hybridized carbons (Fsp3) is 0.250. The van der Waals surface area contributed by atoms with Crippen molar-refractivity contribution in [1.29, 1.82) is 0 Å². The van der Waals surface area contributed by atoms with Crippen molar-refractivity contribution in [3.8, 4) is 5.75 Å². The van der Waals surface area contributed by atoms with Crippen LogP contribution in [-0.4, -0.2) is 42.1 Å². The Labute approximate surface area is 157 Å². The molecule has 0 heterocycles. The SMILES string of the molecule is CCOc1ccc(C(=O)NCC(=O)N[C@H](Cc2ccccc2)C(=O)O)cc1. The number of hydrogen-bond donors (Lipinski definition) is 3. The Hall–Kier alpha value is -3.35. The van der Waals surface area contributed by atoms with Gasteiger partial charge in [-0.25, -0.2) is 4.79 Å². The summed E-state index contributed by atoms with van der Waals surface area (Å²) in [5.74, 6) is -1.48. The van der Waals surface area contributed by atoms with Crippen molar-refractivity contribution in [3.63, 3.8) is 0 Å². The minimum atomic E-state index is -1.13. The molecule has 2 aromatic carbocycles. The molecule has 7 nitrogen and oxygen atoms in total. The highest BCUT2D eigenvalue weighted by atomic mass is 16.5. The van der Waals surface area contributed by atoms with Gasteiger partial charge in [0.05, 0.1) is 13.2 Å². The fourth-order valence-electron chi connectivity index (χ4n) is 2.43. The molecule has 0 fully saturated rings. The van der Waals surface area contributed by atoms with Crippen LogP contribution in [0, 0.1) is 0 Å². The molecule has 27 heavy (non-hydrogen) atoms. The molecule has 0 saturated carbocycles. The van der Waals surface area contributed by atoms with E-state index in [0.29, 0.717) is 17.9 Å². The summed E-state index contributed by atoms with van der Waals surface area (Å²) in [4.78, 5) is 35.5. The van der Waals surface area contributed by atoms with Crippen LogP contribution >= 0.6 is 0 Å². The maximum atomic E-state index is 12.1. The number of ether oxygens (including phenoxy) is 1. The van der Waals surface area contributed by atoms with Crippen molar-refractivity contribution in [3.05, 3.63) is 65.7 Å². The topological polar surface area (TPSA) is 105 Å². The van der Waals surface area contributed by atoms with Crippen LogP contribution < -0.4 is 15.4 Å². The Kier molecular flexibility index (Phi) is 7.37. The zero-order valence-electron chi connectivity index (χ0n) is 15.0. The third-order valence-electron chi connectivity index (χ3n) is 3.75. The lowest BCUT2D eigenvalue weighted by Gasteiger charge is -2.15. The summed E-state index contributed by atoms with van der Waals surface area (Å²) in [6.07, 6.45) is 0.161. The van der Waals surface area contributed by atoms with Gasteiger partial charge in [-0.3, -0.25) is 9.59 Å². The third kappa shape index (κ3) is 6.47. The van der Waals surface area contributed by atoms with Gasteiger partial charge < -0.3 is 20.5 Å². The minimum absolute atomic E-state index is 0.161. The molecular weight excluding hydrogens is 348 g/mol. The van der Waals surface area contributed by atoms with Crippen molar-refractivity contribution in [2.45, 2.75) is 19.4 Å². The van der Waals surface area contributed by atoms with E-state index in [1.54, 1.807) is 48.5 Å². The molecule has 0 aliphatic rings. The number of carbonyl (C=O) groups is 3. The van der Waals surface area contributed by atoms with Crippen LogP contribution in [0.2, 0.25) is 0 Å². The number of carboxylic acid groups (broad SMARTS) is 1. The predicted octanol–water partition coefficient (Wildman–Crippen LogP) is 1.63. The summed E-state index contributed by atoms with van der Waals surface area (Å²) < 4.78 is 5.30. The molecule has 0 spiro atoms. The molecule has 2 rings (SSSR count). The number of benzene rings is 2. The normalized spacial score (nSPS) is 11.3. The summed E-state index contributed by atoms with van der Waals surface area (Å²) in [7, 11) is 0. The summed E-state index contributed by atoms with van der Waals surface area (Å²) in [5, 5.41) is 14.2. The van der Waals surface area contributed by atoms with E-state index in [0.717, 1.165) is 5.56 Å². The summed E-state index contributed by atoms with van der Waals surface area (Å²) in [5.41, 5.74) is 1.17. The van der Waals surface area contributed by atoms with E-state index >= 15 is 0 Å². The Morgan fingerprint density at radius 3 is 2.30 bits per heavy atom. The number of aliphatic carboxylic acids is 1. The first-order chi connectivity index (χ1) is 13.0. The number of carbonyl (C=O) groups excluding carboxylic acids is 2. The van der Waals surface area contributed by atoms with Crippen molar-refractivity contribution < 1.29 is 24.2 Å². The molecule has 1 atom stereocenters. The molecular formula is C20H22N2O5. The zero-order valence-corrected chi connectivity index (χ0v) is 15.0. The maximum absolute atomic E-state index is 12.1. The van der Waals surface area contributed by atoms with Gasteiger partial charge in [0.25, 0.3) is 5.91 Å². The number of hydrogen-bond acceptors (Lipinski definition) is 4. The first-order valence-corrected chi connectivity index (χ1v) is 8.56. The number of nitrogens with one attached hydrogen (secondary N) is 2. The van der Waals surface area contributed by atoms with Crippen LogP contribution in [-0.2, 0) is 16.0 Å². The van der Waals surface area contributed by atoms with Gasteiger partial charge in [-0.15, -0.1) is 0 Å². The average Bonchev–Trinajstić information content (AvgIpc) is 2.67. The third-order valence-corrected chi connectivity index (χ3v) is 3.75. The lowest BCUT2D eigenvalue weighted by molar-refractivity contribution is -0.141. The van der Waals surface area contributed by atoms with Gasteiger partial charge in [-0.2, -0.15) is 0 Å². The number of rotatable bonds is 9. The molecule has 0 aliphatic carbocycles. The second-order valence-electron chi connectivity index (χ2n) is 5.79. The van der Waals surface area contributed by atoms with Gasteiger partial charge in [0.15, 0.2) is 0 Å². The van der Waals surface area contributed by atoms with E-state index in [4.69, 9.17) is 4.74 Å². The fourth-order valence-corrected chi connectivity index (χ4v) is 2.43. The van der Waals surface area contributed by atoms with E-state index < -0.39 is 23.8 Å². The Balaban J connectivity index is 1.86. The molecule has 2 aromatic rings. The van der Waals surface area contributed by atoms with Gasteiger partial charge in [-0.05, 0) is 36.8 Å². The largest absolute Gasteiger partial charge is 0.494 e. The monoisotopic (exact) mass is 370 g/mol. The lowest BCUT2D eigenvalue weighted by atomic mass is 10.1. The van der Waals surface area contributed by atoms with E-state index in [1.165, 1.54) is 0 Å². The van der Waals surface area contributed by atoms with Crippen molar-refractivity contribution in [2.24, 2.45) is 0 Å². The smallest absolute Gasteiger partial charge is 0.326 e. The Bertz CT molecular complexity index is 775. The van der Waals surface area contributed by atoms with Gasteiger partial charge in [0.2, 0.25) is 5.91 Å².